The van der Waals surface area contributed by atoms with Crippen molar-refractivity contribution in [3.63, 3.8) is 0 Å². The standard InChI is InChI=1S/C39H24N4/c40-25-26-15-17-29(18-16-26)39-41-35(28-10-3-1-4-11-28)24-36(42-39)30-20-22-37-34(23-30)33-21-19-27-9-7-8-14-32(27)38(33)43(37)31-12-5-2-6-13-31/h1-24H. The van der Waals surface area contributed by atoms with E-state index in [-0.39, 0.29) is 0 Å². The molecule has 8 aromatic rings. The number of fused-ring (bicyclic) bond motifs is 5. The average molecular weight is 549 g/mol. The first-order valence-corrected chi connectivity index (χ1v) is 14.2. The van der Waals surface area contributed by atoms with Crippen LogP contribution in [0.5, 0.6) is 0 Å². The van der Waals surface area contributed by atoms with Crippen LogP contribution in [-0.4, -0.2) is 14.5 Å². The molecule has 0 radical (unpaired) electrons. The van der Waals surface area contributed by atoms with Crippen LogP contribution >= 0.6 is 0 Å². The van der Waals surface area contributed by atoms with Crippen molar-refractivity contribution in [3.05, 3.63) is 151 Å². The molecule has 0 saturated heterocycles. The molecule has 0 unspecified atom stereocenters. The van der Waals surface area contributed by atoms with E-state index in [4.69, 9.17) is 9.97 Å². The Bertz CT molecular complexity index is 2330. The Kier molecular flexibility index (Phi) is 5.80. The van der Waals surface area contributed by atoms with Gasteiger partial charge in [-0.1, -0.05) is 91.0 Å². The summed E-state index contributed by atoms with van der Waals surface area (Å²) < 4.78 is 2.37. The van der Waals surface area contributed by atoms with Crippen LogP contribution in [0.4, 0.5) is 0 Å². The van der Waals surface area contributed by atoms with Gasteiger partial charge >= 0.3 is 0 Å². The minimum atomic E-state index is 0.607. The summed E-state index contributed by atoms with van der Waals surface area (Å²) in [6.45, 7) is 0. The summed E-state index contributed by atoms with van der Waals surface area (Å²) in [5, 5.41) is 14.1. The van der Waals surface area contributed by atoms with Crippen LogP contribution in [-0.2, 0) is 0 Å². The minimum absolute atomic E-state index is 0.607. The molecule has 4 nitrogen and oxygen atoms in total. The van der Waals surface area contributed by atoms with Crippen molar-refractivity contribution in [2.45, 2.75) is 0 Å². The Morgan fingerprint density at radius 3 is 1.95 bits per heavy atom. The summed E-state index contributed by atoms with van der Waals surface area (Å²) in [5.41, 5.74) is 8.68. The number of aromatic nitrogens is 3. The zero-order chi connectivity index (χ0) is 28.8. The number of hydrogen-bond acceptors (Lipinski definition) is 3. The fourth-order valence-corrected chi connectivity index (χ4v) is 5.96. The lowest BCUT2D eigenvalue weighted by molar-refractivity contribution is 1.18. The Labute approximate surface area is 248 Å². The number of para-hydroxylation sites is 1. The van der Waals surface area contributed by atoms with Crippen molar-refractivity contribution in [1.29, 1.82) is 5.26 Å². The van der Waals surface area contributed by atoms with E-state index in [1.54, 1.807) is 0 Å². The molecule has 0 amide bonds. The second kappa shape index (κ2) is 10.1. The third-order valence-corrected chi connectivity index (χ3v) is 8.03. The topological polar surface area (TPSA) is 54.5 Å². The van der Waals surface area contributed by atoms with Crippen molar-refractivity contribution in [2.75, 3.05) is 0 Å². The van der Waals surface area contributed by atoms with E-state index >= 15 is 0 Å². The number of nitriles is 1. The highest BCUT2D eigenvalue weighted by molar-refractivity contribution is 6.19. The van der Waals surface area contributed by atoms with Gasteiger partial charge in [-0.2, -0.15) is 5.26 Å². The largest absolute Gasteiger partial charge is 0.309 e. The predicted molar refractivity (Wildman–Crippen MR) is 175 cm³/mol. The number of rotatable bonds is 4. The summed E-state index contributed by atoms with van der Waals surface area (Å²) >= 11 is 0. The van der Waals surface area contributed by atoms with Crippen molar-refractivity contribution in [3.8, 4) is 45.7 Å². The molecule has 2 aromatic heterocycles. The van der Waals surface area contributed by atoms with Gasteiger partial charge in [0.15, 0.2) is 5.82 Å². The molecule has 0 aliphatic carbocycles. The second-order valence-corrected chi connectivity index (χ2v) is 10.6. The van der Waals surface area contributed by atoms with Gasteiger partial charge in [-0.25, -0.2) is 9.97 Å². The Morgan fingerprint density at radius 1 is 0.512 bits per heavy atom. The maximum Gasteiger partial charge on any atom is 0.160 e. The van der Waals surface area contributed by atoms with Gasteiger partial charge in [0.1, 0.15) is 0 Å². The fraction of sp³-hybridized carbons (Fsp3) is 0. The third kappa shape index (κ3) is 4.23. The molecule has 6 aromatic carbocycles. The van der Waals surface area contributed by atoms with Gasteiger partial charge in [0, 0.05) is 38.5 Å². The lowest BCUT2D eigenvalue weighted by Crippen LogP contribution is -1.96. The molecule has 0 spiro atoms. The van der Waals surface area contributed by atoms with Crippen molar-refractivity contribution >= 4 is 32.6 Å². The van der Waals surface area contributed by atoms with E-state index in [0.717, 1.165) is 39.3 Å². The molecule has 2 heterocycles. The molecular weight excluding hydrogens is 524 g/mol. The lowest BCUT2D eigenvalue weighted by Gasteiger charge is -2.11. The third-order valence-electron chi connectivity index (χ3n) is 8.03. The van der Waals surface area contributed by atoms with Crippen LogP contribution < -0.4 is 0 Å². The first-order valence-electron chi connectivity index (χ1n) is 14.2. The number of hydrogen-bond donors (Lipinski definition) is 0. The summed E-state index contributed by atoms with van der Waals surface area (Å²) in [6.07, 6.45) is 0. The molecule has 43 heavy (non-hydrogen) atoms. The monoisotopic (exact) mass is 548 g/mol. The Hall–Kier alpha value is -6.05. The van der Waals surface area contributed by atoms with Crippen molar-refractivity contribution < 1.29 is 0 Å². The van der Waals surface area contributed by atoms with Gasteiger partial charge in [-0.05, 0) is 60.0 Å². The summed E-state index contributed by atoms with van der Waals surface area (Å²) in [7, 11) is 0. The first kappa shape index (κ1) is 24.7. The van der Waals surface area contributed by atoms with Crippen molar-refractivity contribution in [2.24, 2.45) is 0 Å². The van der Waals surface area contributed by atoms with Crippen LogP contribution in [0.25, 0.3) is 72.2 Å². The van der Waals surface area contributed by atoms with E-state index in [1.807, 2.05) is 42.5 Å². The average Bonchev–Trinajstić information content (AvgIpc) is 3.43. The summed E-state index contributed by atoms with van der Waals surface area (Å²) in [6, 6.07) is 52.1. The zero-order valence-corrected chi connectivity index (χ0v) is 23.1. The van der Waals surface area contributed by atoms with E-state index in [2.05, 4.69) is 114 Å². The van der Waals surface area contributed by atoms with E-state index in [1.165, 1.54) is 27.1 Å². The smallest absolute Gasteiger partial charge is 0.160 e. The first-order chi connectivity index (χ1) is 21.3. The maximum atomic E-state index is 9.30. The second-order valence-electron chi connectivity index (χ2n) is 10.6. The van der Waals surface area contributed by atoms with E-state index in [0.29, 0.717) is 11.4 Å². The molecule has 200 valence electrons. The summed E-state index contributed by atoms with van der Waals surface area (Å²) in [5.74, 6) is 0.624. The maximum absolute atomic E-state index is 9.30. The molecule has 0 aliphatic heterocycles. The van der Waals surface area contributed by atoms with Crippen molar-refractivity contribution in [1.82, 2.24) is 14.5 Å². The van der Waals surface area contributed by atoms with Crippen LogP contribution in [0.15, 0.2) is 146 Å². The highest BCUT2D eigenvalue weighted by atomic mass is 15.0. The minimum Gasteiger partial charge on any atom is -0.309 e. The molecule has 0 fully saturated rings. The Morgan fingerprint density at radius 2 is 1.19 bits per heavy atom. The zero-order valence-electron chi connectivity index (χ0n) is 23.1. The summed E-state index contributed by atoms with van der Waals surface area (Å²) in [4.78, 5) is 10.0. The van der Waals surface area contributed by atoms with Gasteiger partial charge in [-0.15, -0.1) is 0 Å². The van der Waals surface area contributed by atoms with Gasteiger partial charge in [0.05, 0.1) is 34.1 Å². The lowest BCUT2D eigenvalue weighted by atomic mass is 10.0. The van der Waals surface area contributed by atoms with Gasteiger partial charge in [-0.3, -0.25) is 0 Å². The quantitative estimate of drug-likeness (QED) is 0.220. The highest BCUT2D eigenvalue weighted by Crippen LogP contribution is 2.38. The SMILES string of the molecule is N#Cc1ccc(-c2nc(-c3ccccc3)cc(-c3ccc4c(c3)c3ccc5ccccc5c3n4-c3ccccc3)n2)cc1. The molecular formula is C39H24N4. The molecule has 4 heteroatoms. The van der Waals surface area contributed by atoms with Gasteiger partial charge in [0.2, 0.25) is 0 Å². The predicted octanol–water partition coefficient (Wildman–Crippen LogP) is 9.60. The number of nitrogens with zero attached hydrogens (tertiary/aromatic N) is 4. The Balaban J connectivity index is 1.39. The highest BCUT2D eigenvalue weighted by Gasteiger charge is 2.17. The van der Waals surface area contributed by atoms with Gasteiger partial charge < -0.3 is 4.57 Å². The molecule has 0 saturated carbocycles. The van der Waals surface area contributed by atoms with Crippen LogP contribution in [0.1, 0.15) is 5.56 Å². The van der Waals surface area contributed by atoms with Crippen LogP contribution in [0.3, 0.4) is 0 Å². The van der Waals surface area contributed by atoms with E-state index < -0.39 is 0 Å². The number of benzene rings is 6. The molecule has 0 bridgehead atoms. The van der Waals surface area contributed by atoms with Crippen LogP contribution in [0, 0.1) is 11.3 Å². The molecule has 0 N–H and O–H groups in total. The van der Waals surface area contributed by atoms with Gasteiger partial charge in [0.25, 0.3) is 0 Å². The van der Waals surface area contributed by atoms with E-state index in [9.17, 15) is 5.26 Å². The normalized spacial score (nSPS) is 11.2. The molecule has 8 rings (SSSR count). The van der Waals surface area contributed by atoms with Crippen LogP contribution in [0.2, 0.25) is 0 Å². The molecule has 0 atom stereocenters. The molecule has 0 aliphatic rings. The fourth-order valence-electron chi connectivity index (χ4n) is 5.96.